The molecular weight excluding hydrogens is 374 g/mol. The van der Waals surface area contributed by atoms with Crippen LogP contribution in [0.15, 0.2) is 39.7 Å². The van der Waals surface area contributed by atoms with Crippen molar-refractivity contribution in [2.45, 2.75) is 17.1 Å². The molecule has 3 nitrogen and oxygen atoms in total. The molecular formula is C15H13BrClNO2S. The Hall–Kier alpha value is -1.04. The van der Waals surface area contributed by atoms with Gasteiger partial charge in [0.25, 0.3) is 0 Å². The number of fused-ring (bicyclic) bond motifs is 1. The first-order valence-electron chi connectivity index (χ1n) is 6.42. The zero-order valence-electron chi connectivity index (χ0n) is 11.1. The summed E-state index contributed by atoms with van der Waals surface area (Å²) in [5.41, 5.74) is 8.44. The highest BCUT2D eigenvalue weighted by molar-refractivity contribution is 9.10. The fraction of sp³-hybridized carbons (Fsp3) is 0.200. The van der Waals surface area contributed by atoms with Crippen molar-refractivity contribution in [1.29, 1.82) is 0 Å². The molecule has 0 radical (unpaired) electrons. The summed E-state index contributed by atoms with van der Waals surface area (Å²) in [6.45, 7) is 0.675. The van der Waals surface area contributed by atoms with Crippen LogP contribution in [0, 0.1) is 0 Å². The second-order valence-electron chi connectivity index (χ2n) is 4.82. The summed E-state index contributed by atoms with van der Waals surface area (Å²) in [6, 6.07) is 9.04. The van der Waals surface area contributed by atoms with Crippen molar-refractivity contribution in [2.24, 2.45) is 0 Å². The third-order valence-corrected chi connectivity index (χ3v) is 5.46. The van der Waals surface area contributed by atoms with Gasteiger partial charge in [-0.3, -0.25) is 4.21 Å². The van der Waals surface area contributed by atoms with E-state index in [-0.39, 0.29) is 0 Å². The molecule has 1 heterocycles. The average molecular weight is 387 g/mol. The van der Waals surface area contributed by atoms with Gasteiger partial charge in [0.2, 0.25) is 0 Å². The highest BCUT2D eigenvalue weighted by Gasteiger charge is 2.20. The number of nitrogen functional groups attached to an aromatic ring is 1. The van der Waals surface area contributed by atoms with Crippen molar-refractivity contribution in [3.8, 4) is 5.75 Å². The first kappa shape index (κ1) is 14.9. The standard InChI is InChI=1S/C15H13BrClNO2S/c16-11-5-9-3-4-20-15(9)10(6-11)8-21(19)14-2-1-12(17)7-13(14)18/h1-2,5-7H,3-4,8,18H2. The number of benzene rings is 2. The number of halogens is 2. The Labute approximate surface area is 139 Å². The minimum Gasteiger partial charge on any atom is -0.493 e. The zero-order valence-corrected chi connectivity index (χ0v) is 14.2. The Morgan fingerprint density at radius 1 is 1.33 bits per heavy atom. The Morgan fingerprint density at radius 2 is 2.14 bits per heavy atom. The van der Waals surface area contributed by atoms with Crippen molar-refractivity contribution < 1.29 is 8.95 Å². The Balaban J connectivity index is 1.92. The van der Waals surface area contributed by atoms with Crippen molar-refractivity contribution in [2.75, 3.05) is 12.3 Å². The first-order valence-corrected chi connectivity index (χ1v) is 8.91. The SMILES string of the molecule is Nc1cc(Cl)ccc1S(=O)Cc1cc(Br)cc2c1OCC2. The smallest absolute Gasteiger partial charge is 0.126 e. The summed E-state index contributed by atoms with van der Waals surface area (Å²) in [4.78, 5) is 0.603. The van der Waals surface area contributed by atoms with E-state index in [2.05, 4.69) is 15.9 Å². The molecule has 0 fully saturated rings. The summed E-state index contributed by atoms with van der Waals surface area (Å²) in [5.74, 6) is 1.23. The molecule has 2 aromatic rings. The highest BCUT2D eigenvalue weighted by Crippen LogP contribution is 2.35. The number of hydrogen-bond donors (Lipinski definition) is 1. The quantitative estimate of drug-likeness (QED) is 0.813. The molecule has 6 heteroatoms. The fourth-order valence-electron chi connectivity index (χ4n) is 2.40. The van der Waals surface area contributed by atoms with Gasteiger partial charge in [0.1, 0.15) is 5.75 Å². The molecule has 21 heavy (non-hydrogen) atoms. The average Bonchev–Trinajstić information content (AvgIpc) is 2.86. The van der Waals surface area contributed by atoms with Crippen LogP contribution in [0.5, 0.6) is 5.75 Å². The molecule has 2 N–H and O–H groups in total. The molecule has 0 saturated heterocycles. The van der Waals surface area contributed by atoms with Crippen LogP contribution in [0.2, 0.25) is 5.02 Å². The van der Waals surface area contributed by atoms with Gasteiger partial charge in [0.05, 0.1) is 28.1 Å². The van der Waals surface area contributed by atoms with Crippen LogP contribution in [0.4, 0.5) is 5.69 Å². The number of rotatable bonds is 3. The van der Waals surface area contributed by atoms with Crippen LogP contribution in [0.1, 0.15) is 11.1 Å². The van der Waals surface area contributed by atoms with E-state index in [1.165, 1.54) is 0 Å². The second kappa shape index (κ2) is 5.99. The molecule has 0 amide bonds. The zero-order chi connectivity index (χ0) is 15.0. The largest absolute Gasteiger partial charge is 0.493 e. The third-order valence-electron chi connectivity index (χ3n) is 3.33. The lowest BCUT2D eigenvalue weighted by Crippen LogP contribution is -2.02. The van der Waals surface area contributed by atoms with E-state index in [9.17, 15) is 4.21 Å². The first-order chi connectivity index (χ1) is 10.0. The second-order valence-corrected chi connectivity index (χ2v) is 7.60. The van der Waals surface area contributed by atoms with Gasteiger partial charge in [-0.25, -0.2) is 0 Å². The molecule has 0 spiro atoms. The van der Waals surface area contributed by atoms with Crippen molar-refractivity contribution in [3.05, 3.63) is 51.0 Å². The maximum atomic E-state index is 12.6. The summed E-state index contributed by atoms with van der Waals surface area (Å²) >= 11 is 9.36. The molecule has 110 valence electrons. The molecule has 0 aliphatic carbocycles. The van der Waals surface area contributed by atoms with E-state index in [4.69, 9.17) is 22.1 Å². The van der Waals surface area contributed by atoms with Crippen LogP contribution in [-0.2, 0) is 23.0 Å². The number of hydrogen-bond acceptors (Lipinski definition) is 3. The van der Waals surface area contributed by atoms with E-state index in [0.29, 0.717) is 28.0 Å². The topological polar surface area (TPSA) is 52.3 Å². The maximum absolute atomic E-state index is 12.6. The number of ether oxygens (including phenoxy) is 1. The van der Waals surface area contributed by atoms with E-state index >= 15 is 0 Å². The third kappa shape index (κ3) is 3.10. The summed E-state index contributed by atoms with van der Waals surface area (Å²) < 4.78 is 19.2. The molecule has 0 saturated carbocycles. The van der Waals surface area contributed by atoms with Crippen LogP contribution in [0.3, 0.4) is 0 Å². The molecule has 1 aliphatic heterocycles. The highest BCUT2D eigenvalue weighted by atomic mass is 79.9. The lowest BCUT2D eigenvalue weighted by atomic mass is 10.1. The summed E-state index contributed by atoms with van der Waals surface area (Å²) in [5, 5.41) is 0.542. The maximum Gasteiger partial charge on any atom is 0.126 e. The van der Waals surface area contributed by atoms with E-state index < -0.39 is 10.8 Å². The molecule has 1 unspecified atom stereocenters. The van der Waals surface area contributed by atoms with Gasteiger partial charge in [0, 0.05) is 27.2 Å². The Bertz CT molecular complexity index is 736. The van der Waals surface area contributed by atoms with Crippen LogP contribution < -0.4 is 10.5 Å². The van der Waals surface area contributed by atoms with Gasteiger partial charge in [-0.15, -0.1) is 0 Å². The predicted molar refractivity (Wildman–Crippen MR) is 89.3 cm³/mol. The number of nitrogens with two attached hydrogens (primary N) is 1. The van der Waals surface area contributed by atoms with Crippen LogP contribution in [-0.4, -0.2) is 10.8 Å². The molecule has 0 aromatic heterocycles. The van der Waals surface area contributed by atoms with Gasteiger partial charge in [-0.1, -0.05) is 27.5 Å². The van der Waals surface area contributed by atoms with Crippen LogP contribution >= 0.6 is 27.5 Å². The van der Waals surface area contributed by atoms with Crippen molar-refractivity contribution in [3.63, 3.8) is 0 Å². The summed E-state index contributed by atoms with van der Waals surface area (Å²) in [6.07, 6.45) is 0.886. The van der Waals surface area contributed by atoms with Gasteiger partial charge in [0.15, 0.2) is 0 Å². The van der Waals surface area contributed by atoms with Crippen molar-refractivity contribution in [1.82, 2.24) is 0 Å². The molecule has 1 atom stereocenters. The van der Waals surface area contributed by atoms with Crippen molar-refractivity contribution >= 4 is 44.0 Å². The Morgan fingerprint density at radius 3 is 2.90 bits per heavy atom. The molecule has 3 rings (SSSR count). The minimum atomic E-state index is -1.24. The van der Waals surface area contributed by atoms with E-state index in [0.717, 1.165) is 27.8 Å². The lowest BCUT2D eigenvalue weighted by molar-refractivity contribution is 0.354. The monoisotopic (exact) mass is 385 g/mol. The molecule has 1 aliphatic rings. The molecule has 2 aromatic carbocycles. The van der Waals surface area contributed by atoms with Gasteiger partial charge in [-0.05, 0) is 35.9 Å². The van der Waals surface area contributed by atoms with Gasteiger partial charge >= 0.3 is 0 Å². The fourth-order valence-corrected chi connectivity index (χ4v) is 4.33. The van der Waals surface area contributed by atoms with E-state index in [1.54, 1.807) is 18.2 Å². The number of anilines is 1. The lowest BCUT2D eigenvalue weighted by Gasteiger charge is -2.10. The normalized spacial score (nSPS) is 14.6. The van der Waals surface area contributed by atoms with E-state index in [1.807, 2.05) is 12.1 Å². The predicted octanol–water partition coefficient (Wildman–Crippen LogP) is 3.93. The summed E-state index contributed by atoms with van der Waals surface area (Å²) in [7, 11) is -1.24. The minimum absolute atomic E-state index is 0.369. The van der Waals surface area contributed by atoms with Crippen LogP contribution in [0.25, 0.3) is 0 Å². The molecule has 0 bridgehead atoms. The Kier molecular flexibility index (Phi) is 4.24. The van der Waals surface area contributed by atoms with Gasteiger partial charge in [-0.2, -0.15) is 0 Å². The van der Waals surface area contributed by atoms with Gasteiger partial charge < -0.3 is 10.5 Å².